The lowest BCUT2D eigenvalue weighted by Gasteiger charge is -2.22. The monoisotopic (exact) mass is 528 g/mol. The molecule has 0 aliphatic carbocycles. The molecule has 0 radical (unpaired) electrons. The van der Waals surface area contributed by atoms with Crippen LogP contribution in [0.4, 0.5) is 16.7 Å². The number of ether oxygens (including phenoxy) is 3. The molecule has 1 heterocycles. The van der Waals surface area contributed by atoms with Gasteiger partial charge in [-0.15, -0.1) is 11.8 Å². The van der Waals surface area contributed by atoms with E-state index in [9.17, 15) is 22.8 Å². The Morgan fingerprint density at radius 3 is 2.26 bits per heavy atom. The first kappa shape index (κ1) is 27.6. The molecule has 2 amide bonds. The molecule has 1 aromatic carbocycles. The normalized spacial score (nSPS) is 10.8. The zero-order valence-corrected chi connectivity index (χ0v) is 21.2. The summed E-state index contributed by atoms with van der Waals surface area (Å²) in [4.78, 5) is 50.9. The molecule has 0 spiro atoms. The Balaban J connectivity index is 2.46. The fourth-order valence-corrected chi connectivity index (χ4v) is 4.38. The fraction of sp³-hybridized carbons (Fsp3) is 0.368. The number of carbonyl (C=O) groups is 3. The second-order valence-corrected chi connectivity index (χ2v) is 9.30. The molecule has 16 heteroatoms. The van der Waals surface area contributed by atoms with E-state index in [-0.39, 0.29) is 35.1 Å². The van der Waals surface area contributed by atoms with Crippen LogP contribution in [0.3, 0.4) is 0 Å². The van der Waals surface area contributed by atoms with Crippen molar-refractivity contribution in [2.24, 2.45) is 0 Å². The number of hydrogen-bond acceptors (Lipinski definition) is 13. The number of nitrogens with one attached hydrogen (secondary N) is 1. The number of hydrogen-bond donors (Lipinski definition) is 1. The molecule has 0 saturated heterocycles. The summed E-state index contributed by atoms with van der Waals surface area (Å²) in [6.07, 6.45) is 0. The topological polar surface area (TPSA) is 170 Å². The van der Waals surface area contributed by atoms with Gasteiger partial charge in [0.05, 0.1) is 38.5 Å². The van der Waals surface area contributed by atoms with E-state index in [1.54, 1.807) is 14.1 Å². The lowest BCUT2D eigenvalue weighted by atomic mass is 10.2. The van der Waals surface area contributed by atoms with Gasteiger partial charge in [0.15, 0.2) is 0 Å². The molecule has 0 bridgehead atoms. The maximum absolute atomic E-state index is 13.1. The number of methoxy groups -OCH3 is 3. The zero-order chi connectivity index (χ0) is 26.2. The van der Waals surface area contributed by atoms with Gasteiger partial charge in [-0.25, -0.2) is 22.7 Å². The number of amides is 2. The molecule has 0 aliphatic rings. The Morgan fingerprint density at radius 1 is 1.00 bits per heavy atom. The van der Waals surface area contributed by atoms with Gasteiger partial charge in [-0.05, 0) is 12.1 Å². The van der Waals surface area contributed by atoms with E-state index in [1.165, 1.54) is 37.3 Å². The van der Waals surface area contributed by atoms with Crippen LogP contribution in [0.2, 0.25) is 0 Å². The molecule has 1 N–H and O–H groups in total. The van der Waals surface area contributed by atoms with E-state index in [4.69, 9.17) is 4.74 Å². The number of carbonyl (C=O) groups excluding carboxylic acids is 3. The third kappa shape index (κ3) is 7.16. The van der Waals surface area contributed by atoms with Crippen molar-refractivity contribution in [3.05, 3.63) is 29.8 Å². The Hall–Kier alpha value is -3.66. The molecule has 1 aromatic heterocycles. The van der Waals surface area contributed by atoms with Crippen molar-refractivity contribution in [3.63, 3.8) is 0 Å². The first-order chi connectivity index (χ1) is 16.5. The van der Waals surface area contributed by atoms with Crippen LogP contribution in [0, 0.1) is 0 Å². The smallest absolute Gasteiger partial charge is 0.339 e. The van der Waals surface area contributed by atoms with E-state index in [1.807, 2.05) is 4.72 Å². The second-order valence-electron chi connectivity index (χ2n) is 6.70. The summed E-state index contributed by atoms with van der Waals surface area (Å²) < 4.78 is 42.2. The lowest BCUT2D eigenvalue weighted by molar-refractivity contribution is -0.137. The number of urea groups is 1. The predicted molar refractivity (Wildman–Crippen MR) is 126 cm³/mol. The van der Waals surface area contributed by atoms with Crippen molar-refractivity contribution in [2.45, 2.75) is 4.90 Å². The summed E-state index contributed by atoms with van der Waals surface area (Å²) in [5, 5.41) is 0. The standard InChI is InChI=1S/C19H24N6O8S2/c1-24(2)16-20-17(22-18(21-16)33-5)25(11-34-10-14(26)31-3)19(28)23-35(29,30)13-9-7-6-8-12(13)15(27)32-4/h6-9H,10-11H2,1-5H3,(H,23,28). The molecule has 0 atom stereocenters. The molecule has 2 rings (SSSR count). The first-order valence-electron chi connectivity index (χ1n) is 9.67. The Bertz CT molecular complexity index is 1190. The Morgan fingerprint density at radius 2 is 1.66 bits per heavy atom. The van der Waals surface area contributed by atoms with Crippen molar-refractivity contribution >= 4 is 51.7 Å². The molecule has 190 valence electrons. The predicted octanol–water partition coefficient (Wildman–Crippen LogP) is 0.501. The highest BCUT2D eigenvalue weighted by Gasteiger charge is 2.29. The Labute approximate surface area is 206 Å². The van der Waals surface area contributed by atoms with Crippen LogP contribution in [0.15, 0.2) is 29.2 Å². The molecule has 35 heavy (non-hydrogen) atoms. The van der Waals surface area contributed by atoms with Gasteiger partial charge in [0.25, 0.3) is 10.0 Å². The van der Waals surface area contributed by atoms with Crippen molar-refractivity contribution in [1.82, 2.24) is 19.7 Å². The van der Waals surface area contributed by atoms with Gasteiger partial charge in [0.2, 0.25) is 11.9 Å². The minimum atomic E-state index is -4.54. The molecule has 0 fully saturated rings. The van der Waals surface area contributed by atoms with Crippen LogP contribution < -0.4 is 19.3 Å². The number of rotatable bonds is 10. The number of anilines is 2. The maximum atomic E-state index is 13.1. The highest BCUT2D eigenvalue weighted by Crippen LogP contribution is 2.21. The van der Waals surface area contributed by atoms with E-state index in [0.717, 1.165) is 29.8 Å². The summed E-state index contributed by atoms with van der Waals surface area (Å²) in [6, 6.07) is 3.94. The number of thioether (sulfide) groups is 1. The van der Waals surface area contributed by atoms with Gasteiger partial charge in [-0.3, -0.25) is 9.69 Å². The molecule has 0 saturated carbocycles. The maximum Gasteiger partial charge on any atom is 0.339 e. The number of benzene rings is 1. The van der Waals surface area contributed by atoms with Gasteiger partial charge in [0, 0.05) is 14.1 Å². The third-order valence-corrected chi connectivity index (χ3v) is 6.39. The average molecular weight is 529 g/mol. The lowest BCUT2D eigenvalue weighted by Crippen LogP contribution is -2.44. The van der Waals surface area contributed by atoms with Crippen LogP contribution in [0.5, 0.6) is 6.01 Å². The zero-order valence-electron chi connectivity index (χ0n) is 19.5. The van der Waals surface area contributed by atoms with Crippen molar-refractivity contribution in [1.29, 1.82) is 0 Å². The molecule has 2 aromatic rings. The molecule has 0 aliphatic heterocycles. The van der Waals surface area contributed by atoms with Gasteiger partial charge in [0.1, 0.15) is 4.90 Å². The van der Waals surface area contributed by atoms with E-state index >= 15 is 0 Å². The quantitative estimate of drug-likeness (QED) is 0.334. The highest BCUT2D eigenvalue weighted by molar-refractivity contribution is 8.00. The van der Waals surface area contributed by atoms with Crippen LogP contribution in [0.1, 0.15) is 10.4 Å². The van der Waals surface area contributed by atoms with Gasteiger partial charge < -0.3 is 19.1 Å². The summed E-state index contributed by atoms with van der Waals surface area (Å²) >= 11 is 0.945. The van der Waals surface area contributed by atoms with Crippen molar-refractivity contribution in [2.75, 3.05) is 56.9 Å². The highest BCUT2D eigenvalue weighted by atomic mass is 32.2. The second kappa shape index (κ2) is 12.2. The van der Waals surface area contributed by atoms with Gasteiger partial charge in [-0.1, -0.05) is 12.1 Å². The van der Waals surface area contributed by atoms with Gasteiger partial charge in [-0.2, -0.15) is 15.0 Å². The van der Waals surface area contributed by atoms with Crippen molar-refractivity contribution in [3.8, 4) is 6.01 Å². The largest absolute Gasteiger partial charge is 0.468 e. The van der Waals surface area contributed by atoms with Crippen LogP contribution in [-0.4, -0.2) is 88.4 Å². The number of aromatic nitrogens is 3. The number of sulfonamides is 1. The molecular formula is C19H24N6O8S2. The average Bonchev–Trinajstić information content (AvgIpc) is 2.85. The van der Waals surface area contributed by atoms with E-state index < -0.39 is 32.9 Å². The van der Waals surface area contributed by atoms with Crippen LogP contribution >= 0.6 is 11.8 Å². The van der Waals surface area contributed by atoms with Crippen molar-refractivity contribution < 1.29 is 37.0 Å². The summed E-state index contributed by atoms with van der Waals surface area (Å²) in [5.74, 6) is -1.96. The summed E-state index contributed by atoms with van der Waals surface area (Å²) in [6.45, 7) is 0. The number of esters is 2. The SMILES string of the molecule is COC(=O)CSCN(C(=O)NS(=O)(=O)c1ccccc1C(=O)OC)c1nc(OC)nc(N(C)C)n1. The van der Waals surface area contributed by atoms with E-state index in [0.29, 0.717) is 0 Å². The fourth-order valence-electron chi connectivity index (χ4n) is 2.44. The van der Waals surface area contributed by atoms with Gasteiger partial charge >= 0.3 is 24.0 Å². The summed E-state index contributed by atoms with van der Waals surface area (Å²) in [5.41, 5.74) is -0.265. The molecule has 0 unspecified atom stereocenters. The minimum Gasteiger partial charge on any atom is -0.468 e. The van der Waals surface area contributed by atoms with Crippen LogP contribution in [0.25, 0.3) is 0 Å². The molecule has 14 nitrogen and oxygen atoms in total. The summed E-state index contributed by atoms with van der Waals surface area (Å²) in [7, 11) is 2.36. The Kier molecular flexibility index (Phi) is 9.59. The first-order valence-corrected chi connectivity index (χ1v) is 12.3. The third-order valence-electron chi connectivity index (χ3n) is 4.13. The number of nitrogens with zero attached hydrogens (tertiary/aromatic N) is 5. The minimum absolute atomic E-state index is 0.126. The molecular weight excluding hydrogens is 504 g/mol. The van der Waals surface area contributed by atoms with E-state index in [2.05, 4.69) is 24.4 Å². The van der Waals surface area contributed by atoms with Crippen LogP contribution in [-0.2, 0) is 24.3 Å².